The summed E-state index contributed by atoms with van der Waals surface area (Å²) in [5, 5.41) is 5.47. The van der Waals surface area contributed by atoms with E-state index in [1.807, 2.05) is 35.9 Å². The Balaban J connectivity index is 1.76. The predicted octanol–water partition coefficient (Wildman–Crippen LogP) is 5.40. The number of amides is 1. The van der Waals surface area contributed by atoms with Crippen LogP contribution in [0.3, 0.4) is 0 Å². The summed E-state index contributed by atoms with van der Waals surface area (Å²) in [6.45, 7) is 4.15. The van der Waals surface area contributed by atoms with Crippen LogP contribution in [0, 0.1) is 13.8 Å². The molecule has 3 nitrogen and oxygen atoms in total. The van der Waals surface area contributed by atoms with Gasteiger partial charge in [0.15, 0.2) is 5.13 Å². The largest absolute Gasteiger partial charge is 0.298 e. The van der Waals surface area contributed by atoms with Crippen LogP contribution in [0.5, 0.6) is 0 Å². The van der Waals surface area contributed by atoms with Crippen molar-refractivity contribution in [3.05, 3.63) is 64.5 Å². The van der Waals surface area contributed by atoms with Gasteiger partial charge in [-0.1, -0.05) is 23.8 Å². The van der Waals surface area contributed by atoms with E-state index in [9.17, 15) is 4.79 Å². The summed E-state index contributed by atoms with van der Waals surface area (Å²) in [5.74, 6) is -0.135. The van der Waals surface area contributed by atoms with Crippen LogP contribution in [0.25, 0.3) is 11.3 Å². The minimum Gasteiger partial charge on any atom is -0.298 e. The average molecular weight is 355 g/mol. The number of benzene rings is 2. The lowest BCUT2D eigenvalue weighted by atomic mass is 10.0. The van der Waals surface area contributed by atoms with E-state index < -0.39 is 0 Å². The van der Waals surface area contributed by atoms with Gasteiger partial charge in [0, 0.05) is 21.4 Å². The van der Waals surface area contributed by atoms with Crippen LogP contribution in [0.4, 0.5) is 5.13 Å². The molecular weight excluding hydrogens is 336 g/mol. The molecule has 0 fully saturated rings. The maximum atomic E-state index is 12.3. The molecule has 0 aliphatic rings. The predicted molar refractivity (Wildman–Crippen MR) is 103 cm³/mol. The van der Waals surface area contributed by atoms with E-state index >= 15 is 0 Å². The summed E-state index contributed by atoms with van der Waals surface area (Å²) in [7, 11) is 0. The average Bonchev–Trinajstić information content (AvgIpc) is 3.03. The van der Waals surface area contributed by atoms with Gasteiger partial charge in [-0.25, -0.2) is 4.98 Å². The molecule has 1 N–H and O–H groups in total. The molecule has 0 unspecified atom stereocenters. The number of carbonyl (C=O) groups excluding carboxylic acids is 1. The van der Waals surface area contributed by atoms with E-state index in [-0.39, 0.29) is 5.91 Å². The third-order valence-corrected chi connectivity index (χ3v) is 5.24. The molecule has 122 valence electrons. The minimum atomic E-state index is -0.135. The molecule has 0 bridgehead atoms. The first-order chi connectivity index (χ1) is 11.6. The number of hydrogen-bond donors (Lipinski definition) is 1. The fourth-order valence-corrected chi connectivity index (χ4v) is 3.58. The molecule has 0 saturated carbocycles. The van der Waals surface area contributed by atoms with Crippen LogP contribution >= 0.6 is 23.1 Å². The molecule has 5 heteroatoms. The standard InChI is InChI=1S/C19H18N2OS2/c1-12-4-9-16(13(2)10-12)17-11-24-19(20-17)21-18(22)14-5-7-15(23-3)8-6-14/h4-11H,1-3H3,(H,20,21,22). The van der Waals surface area contributed by atoms with Crippen molar-refractivity contribution in [1.82, 2.24) is 4.98 Å². The molecule has 1 amide bonds. The quantitative estimate of drug-likeness (QED) is 0.638. The molecule has 0 atom stereocenters. The van der Waals surface area contributed by atoms with E-state index in [2.05, 4.69) is 42.3 Å². The number of thioether (sulfide) groups is 1. The molecule has 1 heterocycles. The minimum absolute atomic E-state index is 0.135. The zero-order valence-electron chi connectivity index (χ0n) is 13.8. The smallest absolute Gasteiger partial charge is 0.257 e. The Labute approximate surface area is 150 Å². The monoisotopic (exact) mass is 354 g/mol. The number of nitrogens with zero attached hydrogens (tertiary/aromatic N) is 1. The Morgan fingerprint density at radius 3 is 2.54 bits per heavy atom. The first kappa shape index (κ1) is 16.7. The molecule has 0 spiro atoms. The fourth-order valence-electron chi connectivity index (χ4n) is 2.47. The van der Waals surface area contributed by atoms with Gasteiger partial charge in [-0.2, -0.15) is 0 Å². The van der Waals surface area contributed by atoms with Crippen LogP contribution in [0.15, 0.2) is 52.7 Å². The number of thiazole rings is 1. The lowest BCUT2D eigenvalue weighted by Crippen LogP contribution is -2.11. The Bertz CT molecular complexity index is 869. The van der Waals surface area contributed by atoms with Gasteiger partial charge >= 0.3 is 0 Å². The van der Waals surface area contributed by atoms with E-state index in [4.69, 9.17) is 0 Å². The van der Waals surface area contributed by atoms with Crippen molar-refractivity contribution in [1.29, 1.82) is 0 Å². The van der Waals surface area contributed by atoms with Gasteiger partial charge < -0.3 is 0 Å². The first-order valence-electron chi connectivity index (χ1n) is 7.55. The van der Waals surface area contributed by atoms with Crippen LogP contribution in [-0.2, 0) is 0 Å². The molecule has 1 aromatic heterocycles. The lowest BCUT2D eigenvalue weighted by Gasteiger charge is -2.04. The summed E-state index contributed by atoms with van der Waals surface area (Å²) in [6, 6.07) is 13.9. The highest BCUT2D eigenvalue weighted by atomic mass is 32.2. The number of aryl methyl sites for hydroxylation is 2. The van der Waals surface area contributed by atoms with Crippen molar-refractivity contribution in [3.8, 4) is 11.3 Å². The summed E-state index contributed by atoms with van der Waals surface area (Å²) in [5.41, 5.74) is 5.04. The zero-order chi connectivity index (χ0) is 17.1. The summed E-state index contributed by atoms with van der Waals surface area (Å²) in [4.78, 5) is 18.0. The van der Waals surface area contributed by atoms with E-state index in [0.717, 1.165) is 16.2 Å². The van der Waals surface area contributed by atoms with Crippen molar-refractivity contribution in [2.45, 2.75) is 18.7 Å². The second-order valence-electron chi connectivity index (χ2n) is 5.54. The Hall–Kier alpha value is -2.11. The van der Waals surface area contributed by atoms with Gasteiger partial charge in [-0.15, -0.1) is 23.1 Å². The van der Waals surface area contributed by atoms with Crippen LogP contribution in [0.1, 0.15) is 21.5 Å². The maximum Gasteiger partial charge on any atom is 0.257 e. The molecule has 2 aromatic carbocycles. The second kappa shape index (κ2) is 7.20. The van der Waals surface area contributed by atoms with Gasteiger partial charge in [-0.3, -0.25) is 10.1 Å². The van der Waals surface area contributed by atoms with Crippen molar-refractivity contribution in [3.63, 3.8) is 0 Å². The molecule has 0 aliphatic heterocycles. The summed E-state index contributed by atoms with van der Waals surface area (Å²) < 4.78 is 0. The van der Waals surface area contributed by atoms with Crippen molar-refractivity contribution >= 4 is 34.1 Å². The number of carbonyl (C=O) groups is 1. The maximum absolute atomic E-state index is 12.3. The summed E-state index contributed by atoms with van der Waals surface area (Å²) in [6.07, 6.45) is 2.01. The Morgan fingerprint density at radius 2 is 1.88 bits per heavy atom. The number of anilines is 1. The molecule has 0 saturated heterocycles. The Morgan fingerprint density at radius 1 is 1.12 bits per heavy atom. The van der Waals surface area contributed by atoms with Gasteiger partial charge in [0.2, 0.25) is 0 Å². The van der Waals surface area contributed by atoms with E-state index in [0.29, 0.717) is 10.7 Å². The lowest BCUT2D eigenvalue weighted by molar-refractivity contribution is 0.102. The molecule has 24 heavy (non-hydrogen) atoms. The highest BCUT2D eigenvalue weighted by Gasteiger charge is 2.11. The first-order valence-corrected chi connectivity index (χ1v) is 9.66. The highest BCUT2D eigenvalue weighted by Crippen LogP contribution is 2.28. The topological polar surface area (TPSA) is 42.0 Å². The van der Waals surface area contributed by atoms with Gasteiger partial charge in [0.1, 0.15) is 0 Å². The fraction of sp³-hybridized carbons (Fsp3) is 0.158. The third kappa shape index (κ3) is 3.68. The highest BCUT2D eigenvalue weighted by molar-refractivity contribution is 7.98. The van der Waals surface area contributed by atoms with Crippen molar-refractivity contribution < 1.29 is 4.79 Å². The second-order valence-corrected chi connectivity index (χ2v) is 7.28. The SMILES string of the molecule is CSc1ccc(C(=O)Nc2nc(-c3ccc(C)cc3C)cs2)cc1. The van der Waals surface area contributed by atoms with Crippen LogP contribution in [0.2, 0.25) is 0 Å². The number of nitrogens with one attached hydrogen (secondary N) is 1. The number of hydrogen-bond acceptors (Lipinski definition) is 4. The molecule has 0 radical (unpaired) electrons. The van der Waals surface area contributed by atoms with Crippen LogP contribution in [-0.4, -0.2) is 17.1 Å². The Kier molecular flexibility index (Phi) is 5.02. The number of rotatable bonds is 4. The molecule has 3 aromatic rings. The van der Waals surface area contributed by atoms with E-state index in [1.54, 1.807) is 11.8 Å². The summed E-state index contributed by atoms with van der Waals surface area (Å²) >= 11 is 3.10. The van der Waals surface area contributed by atoms with Gasteiger partial charge in [-0.05, 0) is 49.9 Å². The molecule has 0 aliphatic carbocycles. The zero-order valence-corrected chi connectivity index (χ0v) is 15.4. The van der Waals surface area contributed by atoms with Gasteiger partial charge in [0.25, 0.3) is 5.91 Å². The van der Waals surface area contributed by atoms with Crippen molar-refractivity contribution in [2.75, 3.05) is 11.6 Å². The van der Waals surface area contributed by atoms with Crippen LogP contribution < -0.4 is 5.32 Å². The third-order valence-electron chi connectivity index (χ3n) is 3.73. The van der Waals surface area contributed by atoms with Gasteiger partial charge in [0.05, 0.1) is 5.69 Å². The normalized spacial score (nSPS) is 10.6. The molecule has 3 rings (SSSR count). The van der Waals surface area contributed by atoms with Crippen molar-refractivity contribution in [2.24, 2.45) is 0 Å². The van der Waals surface area contributed by atoms with E-state index in [1.165, 1.54) is 22.5 Å². The number of aromatic nitrogens is 1. The molecular formula is C19H18N2OS2.